The fourth-order valence-electron chi connectivity index (χ4n) is 9.71. The smallest absolute Gasteiger partial charge is 0.0727 e. The third kappa shape index (κ3) is 5.13. The molecule has 60 heavy (non-hydrogen) atoms. The third-order valence-corrected chi connectivity index (χ3v) is 13.4. The van der Waals surface area contributed by atoms with Crippen LogP contribution in [0.1, 0.15) is 29.1 Å². The van der Waals surface area contributed by atoms with Gasteiger partial charge in [-0.2, -0.15) is 0 Å². The van der Waals surface area contributed by atoms with E-state index in [0.717, 1.165) is 71.3 Å². The highest BCUT2D eigenvalue weighted by atomic mass is 32.1. The topological polar surface area (TPSA) is 8.17 Å². The zero-order valence-electron chi connectivity index (χ0n) is 37.4. The van der Waals surface area contributed by atoms with Crippen LogP contribution >= 0.6 is 11.3 Å². The lowest BCUT2D eigenvalue weighted by molar-refractivity contribution is 0.768. The fraction of sp³-hybridized carbons (Fsp3) is 0.0175. The van der Waals surface area contributed by atoms with Gasteiger partial charge in [0.1, 0.15) is 0 Å². The number of anilines is 3. The second-order valence-electron chi connectivity index (χ2n) is 15.3. The lowest BCUT2D eigenvalue weighted by Crippen LogP contribution is -2.28. The summed E-state index contributed by atoms with van der Waals surface area (Å²) in [6, 6.07) is 67.9. The van der Waals surface area contributed by atoms with E-state index in [0.29, 0.717) is 11.4 Å². The molecule has 0 spiro atoms. The van der Waals surface area contributed by atoms with Gasteiger partial charge in [-0.3, -0.25) is 0 Å². The quantitative estimate of drug-likeness (QED) is 0.156. The highest BCUT2D eigenvalue weighted by Crippen LogP contribution is 2.57. The number of thiophene rings is 1. The van der Waals surface area contributed by atoms with Crippen molar-refractivity contribution in [2.75, 3.05) is 4.90 Å². The van der Waals surface area contributed by atoms with Crippen LogP contribution in [-0.2, 0) is 5.41 Å². The fourth-order valence-corrected chi connectivity index (χ4v) is 11.1. The average molecular weight is 788 g/mol. The van der Waals surface area contributed by atoms with Gasteiger partial charge in [0.05, 0.1) is 28.0 Å². The molecule has 0 unspecified atom stereocenters. The lowest BCUT2D eigenvalue weighted by atomic mass is 9.67. The van der Waals surface area contributed by atoms with Crippen LogP contribution in [0.25, 0.3) is 59.1 Å². The van der Waals surface area contributed by atoms with Crippen LogP contribution in [0.2, 0.25) is 0 Å². The summed E-state index contributed by atoms with van der Waals surface area (Å²) in [6.07, 6.45) is 0. The maximum absolute atomic E-state index is 9.38. The van der Waals surface area contributed by atoms with E-state index in [1.54, 1.807) is 11.3 Å². The van der Waals surface area contributed by atoms with Gasteiger partial charge >= 0.3 is 0 Å². The summed E-state index contributed by atoms with van der Waals surface area (Å²) < 4.78 is 49.8. The van der Waals surface area contributed by atoms with Gasteiger partial charge in [0.15, 0.2) is 0 Å². The van der Waals surface area contributed by atoms with Crippen molar-refractivity contribution >= 4 is 59.6 Å². The molecular weight excluding hydrogens is 745 g/mol. The number of aromatic nitrogens is 1. The second-order valence-corrected chi connectivity index (χ2v) is 16.3. The Labute approximate surface area is 360 Å². The molecule has 0 atom stereocenters. The summed E-state index contributed by atoms with van der Waals surface area (Å²) in [4.78, 5) is 1.86. The van der Waals surface area contributed by atoms with Crippen molar-refractivity contribution in [3.8, 4) is 27.9 Å². The average Bonchev–Trinajstić information content (AvgIpc) is 4.00. The lowest BCUT2D eigenvalue weighted by Gasteiger charge is -2.35. The number of hydrogen-bond donors (Lipinski definition) is 0. The molecule has 12 rings (SSSR count). The number of fused-ring (bicyclic) bond motifs is 8. The van der Waals surface area contributed by atoms with Gasteiger partial charge in [-0.1, -0.05) is 176 Å². The van der Waals surface area contributed by atoms with Crippen LogP contribution in [0.3, 0.4) is 0 Å². The molecule has 0 aliphatic heterocycles. The molecule has 1 aliphatic carbocycles. The highest BCUT2D eigenvalue weighted by molar-refractivity contribution is 7.27. The Bertz CT molecular complexity index is 3610. The van der Waals surface area contributed by atoms with Crippen molar-refractivity contribution in [3.05, 3.63) is 253 Å². The molecular formula is C57H38N2S. The molecule has 282 valence electrons. The van der Waals surface area contributed by atoms with Crippen LogP contribution < -0.4 is 4.90 Å². The van der Waals surface area contributed by atoms with E-state index in [9.17, 15) is 2.74 Å². The molecule has 0 saturated carbocycles. The molecule has 0 bridgehead atoms. The minimum atomic E-state index is -0.709. The Morgan fingerprint density at radius 2 is 1.07 bits per heavy atom. The minimum absolute atomic E-state index is 0.0806. The van der Waals surface area contributed by atoms with Crippen molar-refractivity contribution in [2.45, 2.75) is 5.41 Å². The molecule has 0 saturated heterocycles. The Balaban J connectivity index is 1.11. The summed E-state index contributed by atoms with van der Waals surface area (Å²) in [5.41, 5.74) is 12.7. The third-order valence-electron chi connectivity index (χ3n) is 12.1. The van der Waals surface area contributed by atoms with Crippen molar-refractivity contribution in [1.29, 1.82) is 0 Å². The Morgan fingerprint density at radius 3 is 1.85 bits per heavy atom. The van der Waals surface area contributed by atoms with E-state index in [1.807, 2.05) is 41.3 Å². The van der Waals surface area contributed by atoms with Gasteiger partial charge in [-0.15, -0.1) is 11.3 Å². The van der Waals surface area contributed by atoms with E-state index < -0.39 is 11.5 Å². The monoisotopic (exact) mass is 787 g/mol. The predicted octanol–water partition coefficient (Wildman–Crippen LogP) is 15.5. The first kappa shape index (κ1) is 29.7. The Kier molecular flexibility index (Phi) is 6.85. The molecule has 0 fully saturated rings. The molecule has 11 aromatic rings. The van der Waals surface area contributed by atoms with E-state index >= 15 is 0 Å². The summed E-state index contributed by atoms with van der Waals surface area (Å²) in [6.45, 7) is 0. The van der Waals surface area contributed by atoms with E-state index in [1.165, 1.54) is 10.1 Å². The van der Waals surface area contributed by atoms with Gasteiger partial charge < -0.3 is 9.47 Å². The number of rotatable bonds is 7. The molecule has 2 heterocycles. The maximum atomic E-state index is 9.38. The maximum Gasteiger partial charge on any atom is 0.0727 e. The zero-order valence-corrected chi connectivity index (χ0v) is 33.2. The van der Waals surface area contributed by atoms with Crippen LogP contribution in [0.5, 0.6) is 0 Å². The molecule has 0 N–H and O–H groups in total. The van der Waals surface area contributed by atoms with E-state index in [4.69, 9.17) is 4.11 Å². The first-order chi connectivity index (χ1) is 31.9. The Morgan fingerprint density at radius 1 is 0.450 bits per heavy atom. The van der Waals surface area contributed by atoms with Gasteiger partial charge in [0.2, 0.25) is 0 Å². The summed E-state index contributed by atoms with van der Waals surface area (Å²) >= 11 is 1.78. The van der Waals surface area contributed by atoms with Crippen molar-refractivity contribution in [3.63, 3.8) is 0 Å². The number of hydrogen-bond acceptors (Lipinski definition) is 2. The van der Waals surface area contributed by atoms with Crippen LogP contribution in [0.4, 0.5) is 17.1 Å². The van der Waals surface area contributed by atoms with Gasteiger partial charge in [0.25, 0.3) is 0 Å². The van der Waals surface area contributed by atoms with Gasteiger partial charge in [-0.05, 0) is 99.1 Å². The molecule has 2 nitrogen and oxygen atoms in total. The molecule has 1 aliphatic rings. The zero-order chi connectivity index (χ0) is 44.0. The summed E-state index contributed by atoms with van der Waals surface area (Å²) in [5, 5.41) is 2.34. The number of para-hydroxylation sites is 3. The largest absolute Gasteiger partial charge is 0.310 e. The standard InChI is InChI=1S/C57H38N2S/c1-5-20-40(21-6-1)57(41-22-7-2-8-23-41)51-33-15-13-29-47(51)48-36-35-45(38-52(48)57)58(42-24-9-3-10-25-42)44-28-17-19-39(37-44)46-31-18-32-50-54-56(60-55(46)50)49-30-14-16-34-53(49)59(54)43-26-11-4-12-27-43/h1-38H/i3D,9D,10D,24D,25D. The normalized spacial score (nSPS) is 14.0. The van der Waals surface area contributed by atoms with Gasteiger partial charge in [0, 0.05) is 38.2 Å². The predicted molar refractivity (Wildman–Crippen MR) is 254 cm³/mol. The second kappa shape index (κ2) is 13.8. The van der Waals surface area contributed by atoms with Crippen molar-refractivity contribution in [1.82, 2.24) is 4.57 Å². The van der Waals surface area contributed by atoms with E-state index in [-0.39, 0.29) is 29.9 Å². The number of nitrogens with zero attached hydrogens (tertiary/aromatic N) is 2. The van der Waals surface area contributed by atoms with Crippen LogP contribution in [0.15, 0.2) is 230 Å². The molecule has 3 heteroatoms. The molecule has 2 aromatic heterocycles. The summed E-state index contributed by atoms with van der Waals surface area (Å²) in [5.74, 6) is 0. The van der Waals surface area contributed by atoms with Crippen molar-refractivity contribution < 1.29 is 6.85 Å². The first-order valence-electron chi connectivity index (χ1n) is 22.7. The molecule has 0 amide bonds. The van der Waals surface area contributed by atoms with Crippen LogP contribution in [0, 0.1) is 0 Å². The minimum Gasteiger partial charge on any atom is -0.310 e. The SMILES string of the molecule is [2H]c1c([2H])c([2H])c(N(c2cccc(-c3cccc4c3sc3c5ccccc5n(-c5ccccc5)c43)c2)c2ccc3c(c2)C(c2ccccc2)(c2ccccc2)c2ccccc2-3)c([2H])c1[2H]. The summed E-state index contributed by atoms with van der Waals surface area (Å²) in [7, 11) is 0. The van der Waals surface area contributed by atoms with Gasteiger partial charge in [-0.25, -0.2) is 0 Å². The number of benzene rings is 9. The van der Waals surface area contributed by atoms with E-state index in [2.05, 4.69) is 168 Å². The first-order valence-corrected chi connectivity index (χ1v) is 21.0. The molecule has 9 aromatic carbocycles. The Hall–Kier alpha value is -7.46. The molecule has 0 radical (unpaired) electrons. The van der Waals surface area contributed by atoms with Crippen LogP contribution in [-0.4, -0.2) is 4.57 Å². The highest BCUT2D eigenvalue weighted by Gasteiger charge is 2.46. The van der Waals surface area contributed by atoms with Crippen molar-refractivity contribution in [2.24, 2.45) is 0 Å².